The Morgan fingerprint density at radius 2 is 1.92 bits per heavy atom. The van der Waals surface area contributed by atoms with E-state index in [4.69, 9.17) is 11.6 Å². The SMILES string of the molecule is O=C(CC(=O)NC1CCS(=O)(=O)C1)Nc1ccc(Cl)cc1C(F)(F)F. The van der Waals surface area contributed by atoms with Crippen molar-refractivity contribution in [2.75, 3.05) is 16.8 Å². The molecule has 25 heavy (non-hydrogen) atoms. The summed E-state index contributed by atoms with van der Waals surface area (Å²) in [5, 5.41) is 4.25. The summed E-state index contributed by atoms with van der Waals surface area (Å²) >= 11 is 5.54. The van der Waals surface area contributed by atoms with E-state index in [9.17, 15) is 31.2 Å². The highest BCUT2D eigenvalue weighted by molar-refractivity contribution is 7.91. The number of rotatable bonds is 4. The molecule has 1 aromatic rings. The highest BCUT2D eigenvalue weighted by atomic mass is 35.5. The number of benzene rings is 1. The van der Waals surface area contributed by atoms with Gasteiger partial charge in [0.25, 0.3) is 0 Å². The lowest BCUT2D eigenvalue weighted by Gasteiger charge is -2.15. The molecule has 1 aliphatic heterocycles. The van der Waals surface area contributed by atoms with Gasteiger partial charge in [0.1, 0.15) is 6.42 Å². The molecule has 2 rings (SSSR count). The van der Waals surface area contributed by atoms with Crippen LogP contribution in [0.1, 0.15) is 18.4 Å². The molecule has 1 fully saturated rings. The molecule has 0 radical (unpaired) electrons. The largest absolute Gasteiger partial charge is 0.418 e. The van der Waals surface area contributed by atoms with Crippen molar-refractivity contribution in [3.05, 3.63) is 28.8 Å². The fraction of sp³-hybridized carbons (Fsp3) is 0.429. The van der Waals surface area contributed by atoms with Crippen LogP contribution in [0.2, 0.25) is 5.02 Å². The van der Waals surface area contributed by atoms with E-state index in [1.807, 2.05) is 5.32 Å². The molecule has 6 nitrogen and oxygen atoms in total. The molecule has 138 valence electrons. The van der Waals surface area contributed by atoms with Crippen LogP contribution < -0.4 is 10.6 Å². The molecule has 0 bridgehead atoms. The van der Waals surface area contributed by atoms with Gasteiger partial charge in [-0.05, 0) is 24.6 Å². The number of hydrogen-bond donors (Lipinski definition) is 2. The van der Waals surface area contributed by atoms with Crippen molar-refractivity contribution in [2.45, 2.75) is 25.1 Å². The second kappa shape index (κ2) is 7.20. The highest BCUT2D eigenvalue weighted by Gasteiger charge is 2.34. The molecule has 1 aliphatic rings. The fourth-order valence-corrected chi connectivity index (χ4v) is 4.23. The van der Waals surface area contributed by atoms with Crippen molar-refractivity contribution < 1.29 is 31.2 Å². The summed E-state index contributed by atoms with van der Waals surface area (Å²) in [6.07, 6.45) is -5.21. The van der Waals surface area contributed by atoms with E-state index in [0.717, 1.165) is 6.07 Å². The first kappa shape index (κ1) is 19.5. The van der Waals surface area contributed by atoms with Gasteiger partial charge in [-0.1, -0.05) is 11.6 Å². The summed E-state index contributed by atoms with van der Waals surface area (Å²) in [7, 11) is -3.20. The molecule has 0 spiro atoms. The minimum absolute atomic E-state index is 0.0517. The zero-order valence-electron chi connectivity index (χ0n) is 12.7. The molecule has 1 unspecified atom stereocenters. The lowest BCUT2D eigenvalue weighted by atomic mass is 10.1. The van der Waals surface area contributed by atoms with Crippen LogP contribution in [0.3, 0.4) is 0 Å². The Kier molecular flexibility index (Phi) is 5.62. The number of anilines is 1. The monoisotopic (exact) mass is 398 g/mol. The van der Waals surface area contributed by atoms with Crippen LogP contribution in [0.15, 0.2) is 18.2 Å². The number of alkyl halides is 3. The summed E-state index contributed by atoms with van der Waals surface area (Å²) in [5.74, 6) is -1.98. The summed E-state index contributed by atoms with van der Waals surface area (Å²) in [5.41, 5.74) is -1.64. The minimum Gasteiger partial charge on any atom is -0.352 e. The fourth-order valence-electron chi connectivity index (χ4n) is 2.39. The van der Waals surface area contributed by atoms with Crippen LogP contribution >= 0.6 is 11.6 Å². The Morgan fingerprint density at radius 1 is 1.24 bits per heavy atom. The van der Waals surface area contributed by atoms with E-state index in [0.29, 0.717) is 6.07 Å². The van der Waals surface area contributed by atoms with Gasteiger partial charge < -0.3 is 10.6 Å². The Hall–Kier alpha value is -1.81. The number of carbonyl (C=O) groups is 2. The van der Waals surface area contributed by atoms with Crippen molar-refractivity contribution >= 4 is 38.9 Å². The normalized spacial score (nSPS) is 19.4. The molecule has 0 aromatic heterocycles. The Balaban J connectivity index is 1.98. The van der Waals surface area contributed by atoms with Crippen LogP contribution in [0.5, 0.6) is 0 Å². The molecule has 1 saturated heterocycles. The number of sulfone groups is 1. The van der Waals surface area contributed by atoms with Crippen LogP contribution in [-0.2, 0) is 25.6 Å². The third-order valence-electron chi connectivity index (χ3n) is 3.48. The minimum atomic E-state index is -4.73. The molecule has 11 heteroatoms. The second-order valence-corrected chi connectivity index (χ2v) is 8.25. The standard InChI is InChI=1S/C14H14ClF3N2O4S/c15-8-1-2-11(10(5-8)14(16,17)18)20-13(22)6-12(21)19-9-3-4-25(23,24)7-9/h1-2,5,9H,3-4,6-7H2,(H,19,21)(H,20,22). The van der Waals surface area contributed by atoms with E-state index in [-0.39, 0.29) is 22.9 Å². The van der Waals surface area contributed by atoms with E-state index in [1.54, 1.807) is 0 Å². The second-order valence-electron chi connectivity index (χ2n) is 5.58. The predicted octanol–water partition coefficient (Wildman–Crippen LogP) is 1.99. The number of amides is 2. The first-order valence-corrected chi connectivity index (χ1v) is 9.32. The van der Waals surface area contributed by atoms with Crippen molar-refractivity contribution in [1.82, 2.24) is 5.32 Å². The van der Waals surface area contributed by atoms with Gasteiger partial charge in [-0.15, -0.1) is 0 Å². The number of carbonyl (C=O) groups excluding carboxylic acids is 2. The topological polar surface area (TPSA) is 92.3 Å². The smallest absolute Gasteiger partial charge is 0.352 e. The van der Waals surface area contributed by atoms with Crippen LogP contribution in [-0.4, -0.2) is 37.8 Å². The van der Waals surface area contributed by atoms with E-state index >= 15 is 0 Å². The van der Waals surface area contributed by atoms with Crippen molar-refractivity contribution in [1.29, 1.82) is 0 Å². The maximum absolute atomic E-state index is 12.9. The van der Waals surface area contributed by atoms with E-state index in [1.165, 1.54) is 6.07 Å². The molecule has 2 N–H and O–H groups in total. The van der Waals surface area contributed by atoms with Crippen LogP contribution in [0.25, 0.3) is 0 Å². The Bertz CT molecular complexity index is 796. The first-order valence-electron chi connectivity index (χ1n) is 7.13. The van der Waals surface area contributed by atoms with Gasteiger partial charge in [-0.2, -0.15) is 13.2 Å². The van der Waals surface area contributed by atoms with Gasteiger partial charge in [-0.3, -0.25) is 9.59 Å². The molecule has 0 aliphatic carbocycles. The van der Waals surface area contributed by atoms with Gasteiger partial charge in [0.15, 0.2) is 9.84 Å². The summed E-state index contributed by atoms with van der Waals surface area (Å²) in [6.45, 7) is 0. The Labute approximate surface area is 146 Å². The molecular formula is C14H14ClF3N2O4S. The quantitative estimate of drug-likeness (QED) is 0.759. The Morgan fingerprint density at radius 3 is 2.48 bits per heavy atom. The van der Waals surface area contributed by atoms with Gasteiger partial charge in [-0.25, -0.2) is 8.42 Å². The summed E-state index contributed by atoms with van der Waals surface area (Å²) < 4.78 is 61.4. The third-order valence-corrected chi connectivity index (χ3v) is 5.48. The van der Waals surface area contributed by atoms with Gasteiger partial charge in [0, 0.05) is 11.1 Å². The lowest BCUT2D eigenvalue weighted by molar-refractivity contribution is -0.137. The molecule has 1 atom stereocenters. The number of nitrogens with one attached hydrogen (secondary N) is 2. The zero-order chi connectivity index (χ0) is 18.8. The van der Waals surface area contributed by atoms with Crippen LogP contribution in [0, 0.1) is 0 Å². The molecular weight excluding hydrogens is 385 g/mol. The lowest BCUT2D eigenvalue weighted by Crippen LogP contribution is -2.37. The van der Waals surface area contributed by atoms with E-state index in [2.05, 4.69) is 5.32 Å². The third kappa shape index (κ3) is 5.60. The summed E-state index contributed by atoms with van der Waals surface area (Å²) in [6, 6.07) is 2.24. The van der Waals surface area contributed by atoms with Gasteiger partial charge in [0.2, 0.25) is 11.8 Å². The zero-order valence-corrected chi connectivity index (χ0v) is 14.3. The molecule has 2 amide bonds. The maximum atomic E-state index is 12.9. The van der Waals surface area contributed by atoms with Crippen molar-refractivity contribution in [3.63, 3.8) is 0 Å². The molecule has 1 heterocycles. The summed E-state index contributed by atoms with van der Waals surface area (Å²) in [4.78, 5) is 23.5. The first-order chi connectivity index (χ1) is 11.5. The van der Waals surface area contributed by atoms with Gasteiger partial charge in [0.05, 0.1) is 22.8 Å². The van der Waals surface area contributed by atoms with Crippen molar-refractivity contribution in [3.8, 4) is 0 Å². The van der Waals surface area contributed by atoms with Crippen molar-refractivity contribution in [2.24, 2.45) is 0 Å². The maximum Gasteiger partial charge on any atom is 0.418 e. The predicted molar refractivity (Wildman–Crippen MR) is 84.9 cm³/mol. The number of halogens is 4. The van der Waals surface area contributed by atoms with Crippen LogP contribution in [0.4, 0.5) is 18.9 Å². The highest BCUT2D eigenvalue weighted by Crippen LogP contribution is 2.36. The van der Waals surface area contributed by atoms with E-state index < -0.39 is 51.5 Å². The average molecular weight is 399 g/mol. The molecule has 0 saturated carbocycles. The van der Waals surface area contributed by atoms with Gasteiger partial charge >= 0.3 is 6.18 Å². The average Bonchev–Trinajstić information content (AvgIpc) is 2.78. The number of hydrogen-bond acceptors (Lipinski definition) is 4. The molecule has 1 aromatic carbocycles.